The van der Waals surface area contributed by atoms with E-state index < -0.39 is 35.3 Å². The molecule has 2 aliphatic carbocycles. The zero-order valence-corrected chi connectivity index (χ0v) is 19.6. The summed E-state index contributed by atoms with van der Waals surface area (Å²) < 4.78 is 45.4. The lowest BCUT2D eigenvalue weighted by atomic mass is 9.67. The summed E-state index contributed by atoms with van der Waals surface area (Å²) in [4.78, 5) is 21.9. The van der Waals surface area contributed by atoms with Gasteiger partial charge in [-0.1, -0.05) is 19.3 Å². The number of carbonyl (C=O) groups is 1. The number of hydrogen-bond acceptors (Lipinski definition) is 6. The fraction of sp³-hybridized carbons (Fsp3) is 0.625. The lowest BCUT2D eigenvalue weighted by Crippen LogP contribution is -2.44. The summed E-state index contributed by atoms with van der Waals surface area (Å²) in [5, 5.41) is 18.0. The molecule has 190 valence electrons. The van der Waals surface area contributed by atoms with Gasteiger partial charge in [-0.05, 0) is 45.1 Å². The number of nitrogens with zero attached hydrogens (tertiary/aromatic N) is 3. The van der Waals surface area contributed by atoms with Crippen LogP contribution in [0.3, 0.4) is 0 Å². The van der Waals surface area contributed by atoms with Crippen LogP contribution >= 0.6 is 0 Å². The molecule has 1 spiro atoms. The Hall–Kier alpha value is -2.82. The standard InChI is InChI=1S/C24H30F3N5O3/c1-2-32-21-16(13-28-32)19(30-15-6-4-3-5-7-15)18(20(31-21)24(25,26)27)17-12-14(22(33)34)8-9-23(17)10-11-29-35-23/h10-11,13-15,17,29H,2-9,12H2,1H3,(H,30,31)(H,33,34). The minimum atomic E-state index is -4.75. The molecule has 8 nitrogen and oxygen atoms in total. The van der Waals surface area contributed by atoms with E-state index >= 15 is 0 Å². The molecular formula is C24H30F3N5O3. The molecule has 3 atom stereocenters. The number of aromatic nitrogens is 3. The van der Waals surface area contributed by atoms with E-state index in [0.29, 0.717) is 24.0 Å². The van der Waals surface area contributed by atoms with Gasteiger partial charge in [-0.3, -0.25) is 15.1 Å². The van der Waals surface area contributed by atoms with Crippen LogP contribution in [0.4, 0.5) is 18.9 Å². The number of aryl methyl sites for hydroxylation is 1. The van der Waals surface area contributed by atoms with Crippen molar-refractivity contribution in [1.82, 2.24) is 20.2 Å². The highest BCUT2D eigenvalue weighted by Crippen LogP contribution is 2.53. The number of alkyl halides is 3. The SMILES string of the molecule is CCn1ncc2c(NC3CCCCC3)c(C3CC(C(=O)O)CCC34C=CNO4)c(C(F)(F)F)nc21. The summed E-state index contributed by atoms with van der Waals surface area (Å²) in [6, 6.07) is 0.0205. The molecule has 2 aromatic rings. The largest absolute Gasteiger partial charge is 0.481 e. The second-order valence-electron chi connectivity index (χ2n) is 9.79. The first-order valence-corrected chi connectivity index (χ1v) is 12.3. The molecule has 2 aromatic heterocycles. The predicted molar refractivity (Wildman–Crippen MR) is 123 cm³/mol. The monoisotopic (exact) mass is 493 g/mol. The summed E-state index contributed by atoms with van der Waals surface area (Å²) in [5.74, 6) is -2.66. The highest BCUT2D eigenvalue weighted by Gasteiger charge is 2.52. The third-order valence-electron chi connectivity index (χ3n) is 7.72. The second-order valence-corrected chi connectivity index (χ2v) is 9.79. The lowest BCUT2D eigenvalue weighted by Gasteiger charge is -2.42. The Morgan fingerprint density at radius 2 is 2.09 bits per heavy atom. The van der Waals surface area contributed by atoms with Crippen molar-refractivity contribution >= 4 is 22.7 Å². The topological polar surface area (TPSA) is 101 Å². The normalized spacial score (nSPS) is 27.4. The van der Waals surface area contributed by atoms with E-state index in [1.807, 2.05) is 0 Å². The fourth-order valence-corrected chi connectivity index (χ4v) is 5.93. The van der Waals surface area contributed by atoms with Crippen LogP contribution in [-0.4, -0.2) is 37.5 Å². The number of pyridine rings is 1. The van der Waals surface area contributed by atoms with E-state index in [2.05, 4.69) is 20.9 Å². The Labute approximate surface area is 200 Å². The molecule has 0 bridgehead atoms. The third kappa shape index (κ3) is 4.23. The van der Waals surface area contributed by atoms with Gasteiger partial charge in [-0.25, -0.2) is 9.67 Å². The number of halogens is 3. The van der Waals surface area contributed by atoms with Crippen molar-refractivity contribution in [3.8, 4) is 0 Å². The van der Waals surface area contributed by atoms with Crippen LogP contribution < -0.4 is 10.8 Å². The number of anilines is 1. The van der Waals surface area contributed by atoms with E-state index in [1.165, 1.54) is 4.68 Å². The van der Waals surface area contributed by atoms with Gasteiger partial charge in [-0.15, -0.1) is 0 Å². The first-order chi connectivity index (χ1) is 16.7. The van der Waals surface area contributed by atoms with Crippen LogP contribution in [0.1, 0.15) is 75.5 Å². The molecule has 2 fully saturated rings. The van der Waals surface area contributed by atoms with Gasteiger partial charge in [0.25, 0.3) is 0 Å². The molecule has 3 unspecified atom stereocenters. The van der Waals surface area contributed by atoms with Crippen molar-refractivity contribution in [3.05, 3.63) is 29.7 Å². The summed E-state index contributed by atoms with van der Waals surface area (Å²) >= 11 is 0. The van der Waals surface area contributed by atoms with Crippen molar-refractivity contribution in [1.29, 1.82) is 0 Å². The Morgan fingerprint density at radius 3 is 2.71 bits per heavy atom. The van der Waals surface area contributed by atoms with Crippen LogP contribution in [0.15, 0.2) is 18.5 Å². The summed E-state index contributed by atoms with van der Waals surface area (Å²) in [6.07, 6.45) is 5.55. The smallest absolute Gasteiger partial charge is 0.433 e. The van der Waals surface area contributed by atoms with Crippen LogP contribution in [0.25, 0.3) is 11.0 Å². The molecular weight excluding hydrogens is 463 g/mol. The average Bonchev–Trinajstić information content (AvgIpc) is 3.47. The Balaban J connectivity index is 1.76. The van der Waals surface area contributed by atoms with Crippen molar-refractivity contribution in [2.24, 2.45) is 5.92 Å². The molecule has 3 aliphatic rings. The van der Waals surface area contributed by atoms with Crippen molar-refractivity contribution in [2.75, 3.05) is 5.32 Å². The van der Waals surface area contributed by atoms with E-state index in [-0.39, 0.29) is 30.1 Å². The van der Waals surface area contributed by atoms with Crippen LogP contribution in [-0.2, 0) is 22.4 Å². The number of fused-ring (bicyclic) bond motifs is 1. The molecule has 0 radical (unpaired) electrons. The zero-order valence-electron chi connectivity index (χ0n) is 19.6. The van der Waals surface area contributed by atoms with Crippen molar-refractivity contribution in [2.45, 2.75) is 88.6 Å². The first-order valence-electron chi connectivity index (χ1n) is 12.3. The molecule has 3 N–H and O–H groups in total. The number of aliphatic carboxylic acids is 1. The molecule has 5 rings (SSSR count). The molecule has 2 saturated carbocycles. The van der Waals surface area contributed by atoms with E-state index in [1.54, 1.807) is 25.4 Å². The maximum atomic E-state index is 14.7. The van der Waals surface area contributed by atoms with E-state index in [0.717, 1.165) is 32.1 Å². The van der Waals surface area contributed by atoms with E-state index in [4.69, 9.17) is 4.84 Å². The highest BCUT2D eigenvalue weighted by atomic mass is 19.4. The molecule has 1 aliphatic heterocycles. The number of hydrogen-bond donors (Lipinski definition) is 3. The molecule has 0 saturated heterocycles. The minimum absolute atomic E-state index is 0.0128. The van der Waals surface area contributed by atoms with Crippen LogP contribution in [0.5, 0.6) is 0 Å². The van der Waals surface area contributed by atoms with Gasteiger partial charge in [0, 0.05) is 30.3 Å². The number of hydroxylamine groups is 1. The van der Waals surface area contributed by atoms with Crippen LogP contribution in [0.2, 0.25) is 0 Å². The van der Waals surface area contributed by atoms with Gasteiger partial charge in [-0.2, -0.15) is 18.3 Å². The Bertz CT molecular complexity index is 1140. The van der Waals surface area contributed by atoms with Crippen molar-refractivity contribution < 1.29 is 27.9 Å². The summed E-state index contributed by atoms with van der Waals surface area (Å²) in [7, 11) is 0. The van der Waals surface area contributed by atoms with Gasteiger partial charge in [0.1, 0.15) is 5.60 Å². The Kier molecular flexibility index (Phi) is 6.14. The van der Waals surface area contributed by atoms with Gasteiger partial charge in [0.15, 0.2) is 11.3 Å². The average molecular weight is 494 g/mol. The van der Waals surface area contributed by atoms with Crippen molar-refractivity contribution in [3.63, 3.8) is 0 Å². The summed E-state index contributed by atoms with van der Waals surface area (Å²) in [5.41, 5.74) is 1.08. The predicted octanol–water partition coefficient (Wildman–Crippen LogP) is 4.97. The molecule has 0 amide bonds. The Morgan fingerprint density at radius 1 is 1.31 bits per heavy atom. The summed E-state index contributed by atoms with van der Waals surface area (Å²) in [6.45, 7) is 2.18. The number of carboxylic acids is 1. The molecule has 3 heterocycles. The number of carboxylic acid groups (broad SMARTS) is 1. The fourth-order valence-electron chi connectivity index (χ4n) is 5.93. The van der Waals surface area contributed by atoms with Gasteiger partial charge < -0.3 is 10.4 Å². The third-order valence-corrected chi connectivity index (χ3v) is 7.72. The zero-order chi connectivity index (χ0) is 24.8. The maximum Gasteiger partial charge on any atom is 0.433 e. The number of nitrogens with one attached hydrogen (secondary N) is 2. The second kappa shape index (κ2) is 9.00. The molecule has 11 heteroatoms. The number of rotatable bonds is 5. The molecule has 0 aromatic carbocycles. The van der Waals surface area contributed by atoms with E-state index in [9.17, 15) is 23.1 Å². The quantitative estimate of drug-likeness (QED) is 0.541. The lowest BCUT2D eigenvalue weighted by molar-refractivity contribution is -0.148. The minimum Gasteiger partial charge on any atom is -0.481 e. The first kappa shape index (κ1) is 23.9. The van der Waals surface area contributed by atoms with Crippen LogP contribution in [0, 0.1) is 5.92 Å². The maximum absolute atomic E-state index is 14.7. The van der Waals surface area contributed by atoms with Gasteiger partial charge in [0.05, 0.1) is 23.2 Å². The van der Waals surface area contributed by atoms with Gasteiger partial charge >= 0.3 is 12.1 Å². The molecule has 35 heavy (non-hydrogen) atoms. The highest BCUT2D eigenvalue weighted by molar-refractivity contribution is 5.92. The van der Waals surface area contributed by atoms with Gasteiger partial charge in [0.2, 0.25) is 0 Å².